The molecule has 5 heteroatoms. The van der Waals surface area contributed by atoms with Gasteiger partial charge in [0.25, 0.3) is 0 Å². The number of nitrogens with zero attached hydrogens (tertiary/aromatic N) is 1. The van der Waals surface area contributed by atoms with Crippen LogP contribution in [-0.2, 0) is 6.42 Å². The van der Waals surface area contributed by atoms with Gasteiger partial charge in [-0.3, -0.25) is 0 Å². The monoisotopic (exact) mass is 474 g/mol. The van der Waals surface area contributed by atoms with Crippen molar-refractivity contribution in [2.45, 2.75) is 13.3 Å². The van der Waals surface area contributed by atoms with Crippen molar-refractivity contribution in [1.82, 2.24) is 10.3 Å². The Labute approximate surface area is 168 Å². The Morgan fingerprint density at radius 2 is 1.96 bits per heavy atom. The van der Waals surface area contributed by atoms with E-state index in [1.807, 2.05) is 12.1 Å². The maximum atomic E-state index is 12.2. The summed E-state index contributed by atoms with van der Waals surface area (Å²) in [5, 5.41) is 2.97. The molecular formula is C21H19BrN2OSe. The third-order valence-electron chi connectivity index (χ3n) is 3.95. The molecular weight excluding hydrogens is 455 g/mol. The molecule has 1 aromatic heterocycles. The first-order valence-corrected chi connectivity index (χ1v) is 10.9. The average Bonchev–Trinajstić information content (AvgIpc) is 2.64. The van der Waals surface area contributed by atoms with Crippen LogP contribution in [0.4, 0.5) is 0 Å². The maximum absolute atomic E-state index is 12.2. The fourth-order valence-electron chi connectivity index (χ4n) is 2.64. The number of pyridine rings is 1. The third-order valence-corrected chi connectivity index (χ3v) is 6.73. The summed E-state index contributed by atoms with van der Waals surface area (Å²) in [7, 11) is 0. The van der Waals surface area contributed by atoms with Gasteiger partial charge < -0.3 is 0 Å². The Hall–Kier alpha value is -1.94. The van der Waals surface area contributed by atoms with E-state index in [9.17, 15) is 4.79 Å². The van der Waals surface area contributed by atoms with Crippen molar-refractivity contribution in [3.8, 4) is 0 Å². The van der Waals surface area contributed by atoms with Crippen LogP contribution in [0.2, 0.25) is 0 Å². The first-order valence-electron chi connectivity index (χ1n) is 8.34. The van der Waals surface area contributed by atoms with E-state index in [-0.39, 0.29) is 20.9 Å². The van der Waals surface area contributed by atoms with Crippen LogP contribution in [0.25, 0.3) is 0 Å². The number of hydrogen-bond donors (Lipinski definition) is 1. The third kappa shape index (κ3) is 5.04. The summed E-state index contributed by atoms with van der Waals surface area (Å²) in [5.74, 6) is -0.127. The molecule has 0 aliphatic heterocycles. The van der Waals surface area contributed by atoms with Gasteiger partial charge in [-0.2, -0.15) is 0 Å². The summed E-state index contributed by atoms with van der Waals surface area (Å²) in [5.41, 5.74) is 3.05. The summed E-state index contributed by atoms with van der Waals surface area (Å²) < 4.78 is 3.80. The van der Waals surface area contributed by atoms with Gasteiger partial charge in [0, 0.05) is 0 Å². The number of rotatable bonds is 6. The van der Waals surface area contributed by atoms with Crippen molar-refractivity contribution >= 4 is 45.7 Å². The Morgan fingerprint density at radius 1 is 1.12 bits per heavy atom. The topological polar surface area (TPSA) is 42.0 Å². The van der Waals surface area contributed by atoms with E-state index >= 15 is 0 Å². The number of aromatic nitrogens is 1. The molecule has 0 fully saturated rings. The molecule has 0 radical (unpaired) electrons. The summed E-state index contributed by atoms with van der Waals surface area (Å²) >= 11 is 3.78. The molecule has 0 saturated carbocycles. The van der Waals surface area contributed by atoms with E-state index in [0.717, 1.165) is 10.9 Å². The van der Waals surface area contributed by atoms with Gasteiger partial charge in [-0.05, 0) is 0 Å². The van der Waals surface area contributed by atoms with Crippen LogP contribution in [-0.4, -0.2) is 32.4 Å². The molecule has 3 aromatic rings. The summed E-state index contributed by atoms with van der Waals surface area (Å²) in [4.78, 5) is 16.2. The van der Waals surface area contributed by atoms with Crippen LogP contribution in [0.15, 0.2) is 71.3 Å². The fourth-order valence-corrected chi connectivity index (χ4v) is 5.73. The summed E-state index contributed by atoms with van der Waals surface area (Å²) in [6, 6.07) is 20.3. The number of benzene rings is 2. The van der Waals surface area contributed by atoms with Crippen LogP contribution >= 0.6 is 15.9 Å². The fraction of sp³-hybridized carbons (Fsp3) is 0.143. The van der Waals surface area contributed by atoms with Crippen molar-refractivity contribution < 1.29 is 4.79 Å². The Bertz CT molecular complexity index is 900. The Morgan fingerprint density at radius 3 is 2.73 bits per heavy atom. The number of carbonyl (C=O) groups is 1. The van der Waals surface area contributed by atoms with Crippen LogP contribution in [0.1, 0.15) is 21.6 Å². The van der Waals surface area contributed by atoms with Crippen molar-refractivity contribution in [2.75, 3.05) is 6.54 Å². The molecule has 0 aliphatic rings. The molecule has 0 saturated heterocycles. The zero-order valence-corrected chi connectivity index (χ0v) is 17.7. The standard InChI is InChI=1S/C21H19BrN2OSe/c1-15-6-4-10-20(26-17-8-5-7-16(22)14-17)18(15)11-13-24-21(25)19-9-2-3-12-23-19/h2-10,12,14H,11,13H2,1H3,(H,24,25). The minimum absolute atomic E-state index is 0.127. The van der Waals surface area contributed by atoms with E-state index in [1.54, 1.807) is 18.3 Å². The average molecular weight is 474 g/mol. The molecule has 132 valence electrons. The van der Waals surface area contributed by atoms with Crippen LogP contribution in [0, 0.1) is 6.92 Å². The second kappa shape index (κ2) is 9.13. The van der Waals surface area contributed by atoms with Gasteiger partial charge in [0.15, 0.2) is 0 Å². The molecule has 1 heterocycles. The van der Waals surface area contributed by atoms with E-state index in [4.69, 9.17) is 0 Å². The van der Waals surface area contributed by atoms with Gasteiger partial charge in [0.05, 0.1) is 0 Å². The molecule has 0 atom stereocenters. The first-order chi connectivity index (χ1) is 12.6. The Balaban J connectivity index is 1.68. The zero-order chi connectivity index (χ0) is 18.4. The van der Waals surface area contributed by atoms with Crippen molar-refractivity contribution in [1.29, 1.82) is 0 Å². The van der Waals surface area contributed by atoms with Crippen molar-refractivity contribution in [3.05, 3.63) is 88.2 Å². The van der Waals surface area contributed by atoms with Gasteiger partial charge in [0.1, 0.15) is 0 Å². The molecule has 3 nitrogen and oxygen atoms in total. The van der Waals surface area contributed by atoms with Crippen LogP contribution in [0.5, 0.6) is 0 Å². The molecule has 1 N–H and O–H groups in total. The van der Waals surface area contributed by atoms with Crippen LogP contribution in [0.3, 0.4) is 0 Å². The molecule has 1 amide bonds. The quantitative estimate of drug-likeness (QED) is 0.559. The van der Waals surface area contributed by atoms with E-state index in [1.165, 1.54) is 20.1 Å². The Kier molecular flexibility index (Phi) is 6.61. The van der Waals surface area contributed by atoms with E-state index < -0.39 is 0 Å². The molecule has 0 unspecified atom stereocenters. The minimum atomic E-state index is -0.127. The number of carbonyl (C=O) groups excluding carboxylic acids is 1. The second-order valence-electron chi connectivity index (χ2n) is 5.83. The van der Waals surface area contributed by atoms with Gasteiger partial charge in [-0.1, -0.05) is 0 Å². The second-order valence-corrected chi connectivity index (χ2v) is 9.09. The van der Waals surface area contributed by atoms with Crippen molar-refractivity contribution in [2.24, 2.45) is 0 Å². The predicted octanol–water partition coefficient (Wildman–Crippen LogP) is 2.78. The number of amides is 1. The zero-order valence-electron chi connectivity index (χ0n) is 14.4. The summed E-state index contributed by atoms with van der Waals surface area (Å²) in [6.07, 6.45) is 2.45. The van der Waals surface area contributed by atoms with E-state index in [2.05, 4.69) is 69.6 Å². The number of nitrogens with one attached hydrogen (secondary N) is 1. The molecule has 3 rings (SSSR count). The summed E-state index contributed by atoms with van der Waals surface area (Å²) in [6.45, 7) is 2.73. The van der Waals surface area contributed by atoms with Crippen LogP contribution < -0.4 is 14.2 Å². The number of halogens is 1. The van der Waals surface area contributed by atoms with Gasteiger partial charge >= 0.3 is 169 Å². The molecule has 26 heavy (non-hydrogen) atoms. The van der Waals surface area contributed by atoms with Crippen molar-refractivity contribution in [3.63, 3.8) is 0 Å². The normalized spacial score (nSPS) is 10.5. The number of hydrogen-bond acceptors (Lipinski definition) is 2. The molecule has 0 aliphatic carbocycles. The molecule has 0 bridgehead atoms. The van der Waals surface area contributed by atoms with Gasteiger partial charge in [-0.15, -0.1) is 0 Å². The van der Waals surface area contributed by atoms with E-state index in [0.29, 0.717) is 12.2 Å². The molecule has 0 spiro atoms. The van der Waals surface area contributed by atoms with Gasteiger partial charge in [0.2, 0.25) is 0 Å². The molecule has 2 aromatic carbocycles. The number of aryl methyl sites for hydroxylation is 1. The first kappa shape index (κ1) is 18.8. The predicted molar refractivity (Wildman–Crippen MR) is 111 cm³/mol. The van der Waals surface area contributed by atoms with Gasteiger partial charge in [-0.25, -0.2) is 0 Å². The SMILES string of the molecule is Cc1cccc([Se]c2cccc(Br)c2)c1CCNC(=O)c1ccccn1.